The molecule has 1 amide bonds. The molecule has 1 saturated heterocycles. The summed E-state index contributed by atoms with van der Waals surface area (Å²) in [5.74, 6) is 0.203. The Hall–Kier alpha value is -1.90. The molecule has 0 aliphatic carbocycles. The molecule has 1 atom stereocenters. The van der Waals surface area contributed by atoms with Crippen molar-refractivity contribution in [1.82, 2.24) is 9.80 Å². The highest BCUT2D eigenvalue weighted by Gasteiger charge is 2.20. The van der Waals surface area contributed by atoms with Crippen LogP contribution in [0.4, 0.5) is 0 Å². The Morgan fingerprint density at radius 3 is 2.64 bits per heavy atom. The topological polar surface area (TPSA) is 67.6 Å². The predicted molar refractivity (Wildman–Crippen MR) is 84.0 cm³/mol. The van der Waals surface area contributed by atoms with Gasteiger partial charge in [0.05, 0.1) is 17.7 Å². The molecular weight excluding hydrogens is 278 g/mol. The zero-order chi connectivity index (χ0) is 15.9. The minimum atomic E-state index is -0.568. The number of hydrogen-bond acceptors (Lipinski definition) is 4. The first kappa shape index (κ1) is 16.5. The average molecular weight is 301 g/mol. The summed E-state index contributed by atoms with van der Waals surface area (Å²) in [5, 5.41) is 19.1. The van der Waals surface area contributed by atoms with E-state index in [1.165, 1.54) is 0 Å². The van der Waals surface area contributed by atoms with Gasteiger partial charge in [-0.05, 0) is 24.1 Å². The number of carbonyl (C=O) groups is 1. The molecule has 0 saturated carbocycles. The Bertz CT molecular complexity index is 536. The van der Waals surface area contributed by atoms with E-state index in [1.54, 1.807) is 24.3 Å². The fourth-order valence-electron chi connectivity index (χ4n) is 2.76. The van der Waals surface area contributed by atoms with Crippen LogP contribution < -0.4 is 0 Å². The first-order chi connectivity index (χ1) is 10.6. The average Bonchev–Trinajstić information content (AvgIpc) is 2.79. The second kappa shape index (κ2) is 7.92. The molecule has 0 bridgehead atoms. The monoisotopic (exact) mass is 301 g/mol. The van der Waals surface area contributed by atoms with Crippen LogP contribution >= 0.6 is 0 Å². The Kier molecular flexibility index (Phi) is 5.93. The van der Waals surface area contributed by atoms with Crippen LogP contribution in [0.3, 0.4) is 0 Å². The van der Waals surface area contributed by atoms with Gasteiger partial charge < -0.3 is 10.0 Å². The normalized spacial score (nSPS) is 17.6. The third kappa shape index (κ3) is 4.30. The Balaban J connectivity index is 1.90. The number of nitriles is 1. The molecule has 0 aromatic heterocycles. The van der Waals surface area contributed by atoms with Crippen molar-refractivity contribution in [2.24, 2.45) is 0 Å². The molecular formula is C17H23N3O2. The summed E-state index contributed by atoms with van der Waals surface area (Å²) in [5.41, 5.74) is 1.42. The first-order valence-corrected chi connectivity index (χ1v) is 7.82. The van der Waals surface area contributed by atoms with Crippen molar-refractivity contribution in [2.45, 2.75) is 25.9 Å². The molecule has 1 fully saturated rings. The van der Waals surface area contributed by atoms with E-state index in [1.807, 2.05) is 11.8 Å². The molecule has 1 aliphatic rings. The lowest BCUT2D eigenvalue weighted by Gasteiger charge is -2.24. The summed E-state index contributed by atoms with van der Waals surface area (Å²) in [6.45, 7) is 5.66. The lowest BCUT2D eigenvalue weighted by atomic mass is 10.1. The van der Waals surface area contributed by atoms with Gasteiger partial charge in [0.1, 0.15) is 0 Å². The van der Waals surface area contributed by atoms with E-state index in [0.29, 0.717) is 18.5 Å². The summed E-state index contributed by atoms with van der Waals surface area (Å²) in [7, 11) is 0. The number of nitrogens with zero attached hydrogens (tertiary/aromatic N) is 3. The zero-order valence-corrected chi connectivity index (χ0v) is 13.0. The van der Waals surface area contributed by atoms with Gasteiger partial charge in [-0.15, -0.1) is 0 Å². The van der Waals surface area contributed by atoms with Gasteiger partial charge in [0, 0.05) is 39.1 Å². The number of rotatable bonds is 4. The summed E-state index contributed by atoms with van der Waals surface area (Å²) in [4.78, 5) is 15.9. The third-order valence-electron chi connectivity index (χ3n) is 4.10. The van der Waals surface area contributed by atoms with Crippen LogP contribution in [0, 0.1) is 11.3 Å². The Morgan fingerprint density at radius 2 is 2.00 bits per heavy atom. The highest BCUT2D eigenvalue weighted by molar-refractivity contribution is 5.75. The van der Waals surface area contributed by atoms with Crippen LogP contribution in [0.1, 0.15) is 37.0 Å². The number of carbonyl (C=O) groups excluding carboxylic acids is 1. The fraction of sp³-hybridized carbons (Fsp3) is 0.529. The van der Waals surface area contributed by atoms with Gasteiger partial charge in [0.25, 0.3) is 0 Å². The SMILES string of the molecule is CCC(=O)N1CCCN(CC(O)c2ccc(C#N)cc2)CC1. The van der Waals surface area contributed by atoms with Gasteiger partial charge in [-0.1, -0.05) is 19.1 Å². The summed E-state index contributed by atoms with van der Waals surface area (Å²) >= 11 is 0. The van der Waals surface area contributed by atoms with Crippen molar-refractivity contribution in [1.29, 1.82) is 5.26 Å². The van der Waals surface area contributed by atoms with Gasteiger partial charge >= 0.3 is 0 Å². The molecule has 1 aliphatic heterocycles. The smallest absolute Gasteiger partial charge is 0.222 e. The highest BCUT2D eigenvalue weighted by atomic mass is 16.3. The molecule has 5 heteroatoms. The van der Waals surface area contributed by atoms with E-state index < -0.39 is 6.10 Å². The lowest BCUT2D eigenvalue weighted by molar-refractivity contribution is -0.130. The first-order valence-electron chi connectivity index (χ1n) is 7.82. The number of aliphatic hydroxyl groups excluding tert-OH is 1. The molecule has 2 rings (SSSR count). The van der Waals surface area contributed by atoms with Crippen molar-refractivity contribution in [3.05, 3.63) is 35.4 Å². The summed E-state index contributed by atoms with van der Waals surface area (Å²) in [6, 6.07) is 9.12. The Labute approximate surface area is 131 Å². The van der Waals surface area contributed by atoms with Gasteiger partial charge in [-0.2, -0.15) is 5.26 Å². The Morgan fingerprint density at radius 1 is 1.27 bits per heavy atom. The second-order valence-electron chi connectivity index (χ2n) is 5.64. The molecule has 1 aromatic rings. The van der Waals surface area contributed by atoms with E-state index in [9.17, 15) is 9.90 Å². The molecule has 0 spiro atoms. The van der Waals surface area contributed by atoms with Gasteiger partial charge in [0.15, 0.2) is 0 Å². The number of hydrogen-bond donors (Lipinski definition) is 1. The van der Waals surface area contributed by atoms with Crippen molar-refractivity contribution >= 4 is 5.91 Å². The van der Waals surface area contributed by atoms with Crippen LogP contribution in [-0.4, -0.2) is 53.5 Å². The third-order valence-corrected chi connectivity index (χ3v) is 4.10. The van der Waals surface area contributed by atoms with Crippen molar-refractivity contribution in [3.8, 4) is 6.07 Å². The number of amides is 1. The summed E-state index contributed by atoms with van der Waals surface area (Å²) in [6.07, 6.45) is 0.917. The second-order valence-corrected chi connectivity index (χ2v) is 5.64. The van der Waals surface area contributed by atoms with Gasteiger partial charge in [-0.25, -0.2) is 0 Å². The molecule has 118 valence electrons. The van der Waals surface area contributed by atoms with E-state index in [4.69, 9.17) is 5.26 Å². The molecule has 1 N–H and O–H groups in total. The largest absolute Gasteiger partial charge is 0.387 e. The van der Waals surface area contributed by atoms with E-state index in [0.717, 1.165) is 38.2 Å². The highest BCUT2D eigenvalue weighted by Crippen LogP contribution is 2.16. The number of aliphatic hydroxyl groups is 1. The van der Waals surface area contributed by atoms with Crippen LogP contribution in [-0.2, 0) is 4.79 Å². The quantitative estimate of drug-likeness (QED) is 0.916. The van der Waals surface area contributed by atoms with Crippen LogP contribution in [0.25, 0.3) is 0 Å². The maximum absolute atomic E-state index is 11.8. The standard InChI is InChI=1S/C17H23N3O2/c1-2-17(22)20-9-3-8-19(10-11-20)13-16(21)15-6-4-14(12-18)5-7-15/h4-7,16,21H,2-3,8-11,13H2,1H3. The lowest BCUT2D eigenvalue weighted by Crippen LogP contribution is -2.36. The van der Waals surface area contributed by atoms with Crippen LogP contribution in [0.5, 0.6) is 0 Å². The van der Waals surface area contributed by atoms with E-state index >= 15 is 0 Å². The minimum Gasteiger partial charge on any atom is -0.387 e. The van der Waals surface area contributed by atoms with Gasteiger partial charge in [-0.3, -0.25) is 9.69 Å². The molecule has 1 heterocycles. The molecule has 1 unspecified atom stereocenters. The van der Waals surface area contributed by atoms with Crippen molar-refractivity contribution < 1.29 is 9.90 Å². The minimum absolute atomic E-state index is 0.203. The molecule has 0 radical (unpaired) electrons. The molecule has 1 aromatic carbocycles. The van der Waals surface area contributed by atoms with Crippen molar-refractivity contribution in [3.63, 3.8) is 0 Å². The zero-order valence-electron chi connectivity index (χ0n) is 13.0. The number of β-amino-alcohol motifs (C(OH)–C–C–N with tert-alkyl or cyclic N) is 1. The van der Waals surface area contributed by atoms with Crippen LogP contribution in [0.15, 0.2) is 24.3 Å². The summed E-state index contributed by atoms with van der Waals surface area (Å²) < 4.78 is 0. The van der Waals surface area contributed by atoms with Crippen molar-refractivity contribution in [2.75, 3.05) is 32.7 Å². The number of benzene rings is 1. The molecule has 22 heavy (non-hydrogen) atoms. The maximum Gasteiger partial charge on any atom is 0.222 e. The fourth-order valence-corrected chi connectivity index (χ4v) is 2.76. The predicted octanol–water partition coefficient (Wildman–Crippen LogP) is 1.54. The van der Waals surface area contributed by atoms with E-state index in [2.05, 4.69) is 11.0 Å². The van der Waals surface area contributed by atoms with E-state index in [-0.39, 0.29) is 5.91 Å². The molecule has 5 nitrogen and oxygen atoms in total. The van der Waals surface area contributed by atoms with Crippen LogP contribution in [0.2, 0.25) is 0 Å². The van der Waals surface area contributed by atoms with Gasteiger partial charge in [0.2, 0.25) is 5.91 Å². The maximum atomic E-state index is 11.8.